The molecule has 0 bridgehead atoms. The van der Waals surface area contributed by atoms with Crippen LogP contribution in [0, 0.1) is 12.2 Å². The average molecular weight is 453 g/mol. The number of hydrogen-bond acceptors (Lipinski definition) is 0. The Bertz CT molecular complexity index is 423. The second-order valence-corrected chi connectivity index (χ2v) is 7.91. The van der Waals surface area contributed by atoms with Gasteiger partial charge in [-0.1, -0.05) is 27.7 Å². The Morgan fingerprint density at radius 2 is 0.947 bits per heavy atom. The van der Waals surface area contributed by atoms with Crippen LogP contribution in [0.15, 0.2) is 33.4 Å². The van der Waals surface area contributed by atoms with Gasteiger partial charge in [-0.3, -0.25) is 12.2 Å². The predicted molar refractivity (Wildman–Crippen MR) is 89.0 cm³/mol. The number of rotatable bonds is 0. The van der Waals surface area contributed by atoms with E-state index in [4.69, 9.17) is 0 Å². The van der Waals surface area contributed by atoms with E-state index in [1.165, 1.54) is 42.8 Å². The smallest absolute Gasteiger partial charge is 0 e. The molecule has 0 N–H and O–H groups in total. The molecule has 0 heterocycles. The molecule has 2 atom stereocenters. The number of hydrogen-bond donors (Lipinski definition) is 0. The third kappa shape index (κ3) is 4.64. The van der Waals surface area contributed by atoms with Gasteiger partial charge in [0.15, 0.2) is 0 Å². The minimum absolute atomic E-state index is 0. The summed E-state index contributed by atoms with van der Waals surface area (Å²) < 4.78 is 0. The van der Waals surface area contributed by atoms with Crippen molar-refractivity contribution in [1.29, 1.82) is 0 Å². The molecule has 0 aliphatic heterocycles. The Kier molecular flexibility index (Phi) is 8.00. The summed E-state index contributed by atoms with van der Waals surface area (Å²) in [5.74, 6) is 0. The molecule has 19 heavy (non-hydrogen) atoms. The third-order valence-corrected chi connectivity index (χ3v) is 6.78. The van der Waals surface area contributed by atoms with Gasteiger partial charge in [0.1, 0.15) is 0 Å². The van der Waals surface area contributed by atoms with Gasteiger partial charge in [0.2, 0.25) is 0 Å². The van der Waals surface area contributed by atoms with Crippen molar-refractivity contribution in [3.8, 4) is 0 Å². The quantitative estimate of drug-likeness (QED) is 0.391. The van der Waals surface area contributed by atoms with Gasteiger partial charge in [-0.25, -0.2) is 11.1 Å². The van der Waals surface area contributed by atoms with Crippen molar-refractivity contribution < 1.29 is 25.8 Å². The summed E-state index contributed by atoms with van der Waals surface area (Å²) in [6, 6.07) is 0. The normalized spacial score (nSPS) is 26.0. The molecule has 2 aliphatic carbocycles. The molecule has 2 unspecified atom stereocenters. The zero-order chi connectivity index (χ0) is 14.0. The van der Waals surface area contributed by atoms with Gasteiger partial charge in [0, 0.05) is 25.8 Å². The molecule has 0 saturated heterocycles. The summed E-state index contributed by atoms with van der Waals surface area (Å²) >= 11 is 0. The Balaban J connectivity index is 0.000000324. The van der Waals surface area contributed by atoms with Crippen LogP contribution in [0.3, 0.4) is 0 Å². The van der Waals surface area contributed by atoms with E-state index in [1.54, 1.807) is 11.1 Å². The first-order valence-corrected chi connectivity index (χ1v) is 9.12. The van der Waals surface area contributed by atoms with Gasteiger partial charge >= 0.3 is 0 Å². The van der Waals surface area contributed by atoms with Crippen LogP contribution in [-0.2, 0) is 25.8 Å². The van der Waals surface area contributed by atoms with Gasteiger partial charge < -0.3 is 0 Å². The van der Waals surface area contributed by atoms with Gasteiger partial charge in [-0.15, -0.1) is 24.9 Å². The fraction of sp³-hybridized carbons (Fsp3) is 0.500. The first-order valence-electron chi connectivity index (χ1n) is 6.81. The van der Waals surface area contributed by atoms with Crippen molar-refractivity contribution in [2.24, 2.45) is 0 Å². The van der Waals surface area contributed by atoms with E-state index < -0.39 is 0 Å². The SMILES string of the molecule is CC1=[C-]C([SiH3])C(C)=C1C.CC1=[C-]C([SiH3])C(C)=C1C.[Hf]. The molecule has 2 aliphatic rings. The van der Waals surface area contributed by atoms with Crippen LogP contribution in [0.4, 0.5) is 0 Å². The molecule has 0 fully saturated rings. The molecular weight excluding hydrogens is 427 g/mol. The summed E-state index contributed by atoms with van der Waals surface area (Å²) in [7, 11) is 2.45. The monoisotopic (exact) mass is 454 g/mol. The van der Waals surface area contributed by atoms with Crippen molar-refractivity contribution in [3.63, 3.8) is 0 Å². The molecule has 0 nitrogen and oxygen atoms in total. The Morgan fingerprint density at radius 1 is 0.684 bits per heavy atom. The Labute approximate surface area is 144 Å². The zero-order valence-corrected chi connectivity index (χ0v) is 21.2. The fourth-order valence-corrected chi connectivity index (χ4v) is 4.06. The maximum atomic E-state index is 3.42. The number of allylic oxidation sites excluding steroid dienone is 8. The van der Waals surface area contributed by atoms with Crippen LogP contribution < -0.4 is 0 Å². The Hall–Kier alpha value is 0.264. The van der Waals surface area contributed by atoms with Crippen LogP contribution in [0.5, 0.6) is 0 Å². The van der Waals surface area contributed by atoms with Crippen molar-refractivity contribution in [3.05, 3.63) is 45.6 Å². The minimum atomic E-state index is 0. The maximum Gasteiger partial charge on any atom is 0 e. The van der Waals surface area contributed by atoms with Crippen molar-refractivity contribution in [2.75, 3.05) is 0 Å². The summed E-state index contributed by atoms with van der Waals surface area (Å²) in [6.07, 6.45) is 6.84. The van der Waals surface area contributed by atoms with Crippen LogP contribution in [0.25, 0.3) is 0 Å². The maximum absolute atomic E-state index is 3.42. The van der Waals surface area contributed by atoms with Gasteiger partial charge in [-0.05, 0) is 20.5 Å². The summed E-state index contributed by atoms with van der Waals surface area (Å²) in [4.78, 5) is 0. The van der Waals surface area contributed by atoms with Gasteiger partial charge in [0.25, 0.3) is 0 Å². The molecule has 0 radical (unpaired) electrons. The predicted octanol–water partition coefficient (Wildman–Crippen LogP) is 2.48. The van der Waals surface area contributed by atoms with Crippen LogP contribution in [-0.4, -0.2) is 20.5 Å². The molecule has 104 valence electrons. The minimum Gasteiger partial charge on any atom is -0.270 e. The van der Waals surface area contributed by atoms with E-state index in [9.17, 15) is 0 Å². The second kappa shape index (κ2) is 7.89. The zero-order valence-electron chi connectivity index (χ0n) is 13.7. The van der Waals surface area contributed by atoms with Crippen molar-refractivity contribution in [1.82, 2.24) is 0 Å². The van der Waals surface area contributed by atoms with E-state index >= 15 is 0 Å². The standard InChI is InChI=1S/2C8H13Si.Hf/c2*1-5-4-8(9)7(3)6(5)2;/h2*8H,1-3,9H3;/q2*-1;. The van der Waals surface area contributed by atoms with E-state index in [0.29, 0.717) is 11.1 Å². The molecule has 0 spiro atoms. The van der Waals surface area contributed by atoms with E-state index in [2.05, 4.69) is 53.7 Å². The first-order chi connectivity index (χ1) is 8.25. The first kappa shape index (κ1) is 19.3. The van der Waals surface area contributed by atoms with Crippen molar-refractivity contribution in [2.45, 2.75) is 52.6 Å². The van der Waals surface area contributed by atoms with E-state index in [1.807, 2.05) is 0 Å². The molecule has 0 amide bonds. The molecular formula is C16H26HfSi2-2. The molecule has 0 aromatic carbocycles. The fourth-order valence-electron chi connectivity index (χ4n) is 2.32. The van der Waals surface area contributed by atoms with Crippen LogP contribution in [0.2, 0.25) is 11.1 Å². The van der Waals surface area contributed by atoms with E-state index in [-0.39, 0.29) is 25.8 Å². The van der Waals surface area contributed by atoms with Crippen molar-refractivity contribution >= 4 is 20.5 Å². The molecule has 0 aromatic rings. The molecule has 0 saturated carbocycles. The third-order valence-electron chi connectivity index (χ3n) is 4.47. The van der Waals surface area contributed by atoms with Gasteiger partial charge in [0.05, 0.1) is 0 Å². The summed E-state index contributed by atoms with van der Waals surface area (Å²) in [5, 5.41) is 0. The summed E-state index contributed by atoms with van der Waals surface area (Å²) in [6.45, 7) is 13.1. The largest absolute Gasteiger partial charge is 0.270 e. The van der Waals surface area contributed by atoms with Crippen LogP contribution in [0.1, 0.15) is 41.5 Å². The molecule has 3 heteroatoms. The average Bonchev–Trinajstić information content (AvgIpc) is 2.66. The van der Waals surface area contributed by atoms with E-state index in [0.717, 1.165) is 0 Å². The molecule has 0 aromatic heterocycles. The topological polar surface area (TPSA) is 0 Å². The molecule has 2 rings (SSSR count). The van der Waals surface area contributed by atoms with Crippen LogP contribution >= 0.6 is 0 Å². The summed E-state index contributed by atoms with van der Waals surface area (Å²) in [5.41, 5.74) is 10.2. The van der Waals surface area contributed by atoms with Gasteiger partial charge in [-0.2, -0.15) is 22.3 Å². The second-order valence-electron chi connectivity index (χ2n) is 5.60. The Morgan fingerprint density at radius 3 is 1.00 bits per heavy atom.